The van der Waals surface area contributed by atoms with Gasteiger partial charge >= 0.3 is 0 Å². The molecule has 1 atom stereocenters. The lowest BCUT2D eigenvalue weighted by Gasteiger charge is -2.14. The minimum Gasteiger partial charge on any atom is -0.340 e. The second-order valence-corrected chi connectivity index (χ2v) is 4.69. The van der Waals surface area contributed by atoms with E-state index in [4.69, 9.17) is 0 Å². The van der Waals surface area contributed by atoms with E-state index in [0.29, 0.717) is 6.04 Å². The van der Waals surface area contributed by atoms with Gasteiger partial charge in [0.2, 0.25) is 0 Å². The summed E-state index contributed by atoms with van der Waals surface area (Å²) in [5.74, 6) is 0. The zero-order valence-corrected chi connectivity index (χ0v) is 10.0. The fourth-order valence-corrected chi connectivity index (χ4v) is 2.45. The average molecular weight is 231 g/mol. The van der Waals surface area contributed by atoms with Crippen molar-refractivity contribution >= 4 is 0 Å². The number of aryl methyl sites for hydroxylation is 1. The Morgan fingerprint density at radius 1 is 1.47 bits per heavy atom. The largest absolute Gasteiger partial charge is 0.340 e. The molecule has 17 heavy (non-hydrogen) atoms. The molecule has 2 aromatic rings. The van der Waals surface area contributed by atoms with Gasteiger partial charge in [0, 0.05) is 45.3 Å². The SMILES string of the molecule is Cn1cnc(CN2CCC(n3cccn3)C2)c1. The van der Waals surface area contributed by atoms with Crippen LogP contribution in [0, 0.1) is 0 Å². The predicted octanol–water partition coefficient (Wildman–Crippen LogP) is 1.06. The predicted molar refractivity (Wildman–Crippen MR) is 64.4 cm³/mol. The number of likely N-dealkylation sites (tertiary alicyclic amines) is 1. The summed E-state index contributed by atoms with van der Waals surface area (Å²) >= 11 is 0. The van der Waals surface area contributed by atoms with Crippen LogP contribution in [0.1, 0.15) is 18.2 Å². The number of rotatable bonds is 3. The first-order valence-corrected chi connectivity index (χ1v) is 5.99. The molecule has 1 aliphatic heterocycles. The molecule has 0 bridgehead atoms. The highest BCUT2D eigenvalue weighted by atomic mass is 15.3. The van der Waals surface area contributed by atoms with Gasteiger partial charge in [-0.2, -0.15) is 5.10 Å². The molecule has 0 aliphatic carbocycles. The Bertz CT molecular complexity index is 473. The second-order valence-electron chi connectivity index (χ2n) is 4.69. The van der Waals surface area contributed by atoms with Gasteiger partial charge in [-0.05, 0) is 12.5 Å². The number of hydrogen-bond donors (Lipinski definition) is 0. The highest BCUT2D eigenvalue weighted by Crippen LogP contribution is 2.21. The Balaban J connectivity index is 1.61. The molecule has 0 radical (unpaired) electrons. The zero-order chi connectivity index (χ0) is 11.7. The third kappa shape index (κ3) is 2.24. The van der Waals surface area contributed by atoms with Crippen LogP contribution >= 0.6 is 0 Å². The molecule has 1 unspecified atom stereocenters. The van der Waals surface area contributed by atoms with E-state index in [1.165, 1.54) is 6.42 Å². The van der Waals surface area contributed by atoms with Crippen molar-refractivity contribution in [3.63, 3.8) is 0 Å². The maximum Gasteiger partial charge on any atom is 0.0947 e. The molecule has 0 aromatic carbocycles. The summed E-state index contributed by atoms with van der Waals surface area (Å²) in [4.78, 5) is 6.81. The molecule has 90 valence electrons. The first-order chi connectivity index (χ1) is 8.31. The highest BCUT2D eigenvalue weighted by molar-refractivity contribution is 4.97. The van der Waals surface area contributed by atoms with Crippen LogP contribution in [-0.4, -0.2) is 37.3 Å². The molecule has 0 spiro atoms. The lowest BCUT2D eigenvalue weighted by Crippen LogP contribution is -2.21. The van der Waals surface area contributed by atoms with E-state index in [-0.39, 0.29) is 0 Å². The van der Waals surface area contributed by atoms with Gasteiger partial charge in [-0.25, -0.2) is 4.98 Å². The molecule has 0 N–H and O–H groups in total. The Hall–Kier alpha value is -1.62. The smallest absolute Gasteiger partial charge is 0.0947 e. The topological polar surface area (TPSA) is 38.9 Å². The van der Waals surface area contributed by atoms with Crippen molar-refractivity contribution in [2.24, 2.45) is 7.05 Å². The van der Waals surface area contributed by atoms with E-state index >= 15 is 0 Å². The molecule has 2 aromatic heterocycles. The lowest BCUT2D eigenvalue weighted by molar-refractivity contribution is 0.308. The van der Waals surface area contributed by atoms with E-state index in [1.807, 2.05) is 30.2 Å². The van der Waals surface area contributed by atoms with Crippen molar-refractivity contribution in [2.45, 2.75) is 19.0 Å². The maximum absolute atomic E-state index is 4.37. The van der Waals surface area contributed by atoms with Crippen LogP contribution in [0.2, 0.25) is 0 Å². The van der Waals surface area contributed by atoms with Gasteiger partial charge in [-0.15, -0.1) is 0 Å². The summed E-state index contributed by atoms with van der Waals surface area (Å²) in [5.41, 5.74) is 1.15. The van der Waals surface area contributed by atoms with Crippen molar-refractivity contribution < 1.29 is 0 Å². The summed E-state index contributed by atoms with van der Waals surface area (Å²) in [7, 11) is 2.01. The van der Waals surface area contributed by atoms with Crippen molar-refractivity contribution in [1.29, 1.82) is 0 Å². The Labute approximate surface area is 101 Å². The van der Waals surface area contributed by atoms with E-state index in [9.17, 15) is 0 Å². The lowest BCUT2D eigenvalue weighted by atomic mass is 10.3. The number of aromatic nitrogens is 4. The van der Waals surface area contributed by atoms with Gasteiger partial charge in [0.05, 0.1) is 18.1 Å². The molecule has 0 saturated carbocycles. The van der Waals surface area contributed by atoms with E-state index in [1.54, 1.807) is 0 Å². The Morgan fingerprint density at radius 3 is 3.12 bits per heavy atom. The number of imidazole rings is 1. The van der Waals surface area contributed by atoms with Crippen molar-refractivity contribution in [1.82, 2.24) is 24.2 Å². The van der Waals surface area contributed by atoms with Gasteiger partial charge in [-0.3, -0.25) is 9.58 Å². The van der Waals surface area contributed by atoms with Gasteiger partial charge < -0.3 is 4.57 Å². The Morgan fingerprint density at radius 2 is 2.41 bits per heavy atom. The number of hydrogen-bond acceptors (Lipinski definition) is 3. The van der Waals surface area contributed by atoms with Gasteiger partial charge in [0.15, 0.2) is 0 Å². The highest BCUT2D eigenvalue weighted by Gasteiger charge is 2.24. The zero-order valence-electron chi connectivity index (χ0n) is 10.0. The standard InChI is InChI=1S/C12H17N5/c1-15-7-11(13-10-15)8-16-6-3-12(9-16)17-5-2-4-14-17/h2,4-5,7,10,12H,3,6,8-9H2,1H3. The van der Waals surface area contributed by atoms with Crippen molar-refractivity contribution in [2.75, 3.05) is 13.1 Å². The second kappa shape index (κ2) is 4.33. The minimum atomic E-state index is 0.522. The molecule has 3 heterocycles. The summed E-state index contributed by atoms with van der Waals surface area (Å²) < 4.78 is 4.06. The van der Waals surface area contributed by atoms with E-state index < -0.39 is 0 Å². The molecule has 5 heteroatoms. The molecule has 3 rings (SSSR count). The minimum absolute atomic E-state index is 0.522. The summed E-state index contributed by atoms with van der Waals surface area (Å²) in [6.45, 7) is 3.14. The summed E-state index contributed by atoms with van der Waals surface area (Å²) in [6.07, 6.45) is 9.02. The normalized spacial score (nSPS) is 21.1. The van der Waals surface area contributed by atoms with Gasteiger partial charge in [-0.1, -0.05) is 0 Å². The van der Waals surface area contributed by atoms with E-state index in [0.717, 1.165) is 25.3 Å². The average Bonchev–Trinajstić information content (AvgIpc) is 3.00. The molecule has 0 amide bonds. The monoisotopic (exact) mass is 231 g/mol. The van der Waals surface area contributed by atoms with Crippen LogP contribution in [0.3, 0.4) is 0 Å². The quantitative estimate of drug-likeness (QED) is 0.793. The van der Waals surface area contributed by atoms with E-state index in [2.05, 4.69) is 32.1 Å². The molecular weight excluding hydrogens is 214 g/mol. The van der Waals surface area contributed by atoms with Crippen LogP contribution < -0.4 is 0 Å². The molecule has 1 fully saturated rings. The first kappa shape index (κ1) is 10.5. The molecule has 1 saturated heterocycles. The molecule has 1 aliphatic rings. The van der Waals surface area contributed by atoms with Gasteiger partial charge in [0.1, 0.15) is 0 Å². The van der Waals surface area contributed by atoms with Crippen molar-refractivity contribution in [3.05, 3.63) is 36.7 Å². The summed E-state index contributed by atoms with van der Waals surface area (Å²) in [6, 6.07) is 2.51. The number of nitrogens with zero attached hydrogens (tertiary/aromatic N) is 5. The molecular formula is C12H17N5. The van der Waals surface area contributed by atoms with Crippen LogP contribution in [0.25, 0.3) is 0 Å². The van der Waals surface area contributed by atoms with Gasteiger partial charge in [0.25, 0.3) is 0 Å². The van der Waals surface area contributed by atoms with Crippen LogP contribution in [0.15, 0.2) is 31.0 Å². The Kier molecular flexibility index (Phi) is 2.68. The van der Waals surface area contributed by atoms with Crippen LogP contribution in [0.4, 0.5) is 0 Å². The fraction of sp³-hybridized carbons (Fsp3) is 0.500. The fourth-order valence-electron chi connectivity index (χ4n) is 2.45. The van der Waals surface area contributed by atoms with Crippen molar-refractivity contribution in [3.8, 4) is 0 Å². The maximum atomic E-state index is 4.37. The van der Waals surface area contributed by atoms with Crippen LogP contribution in [-0.2, 0) is 13.6 Å². The first-order valence-electron chi connectivity index (χ1n) is 5.99. The summed E-state index contributed by atoms with van der Waals surface area (Å²) in [5, 5.41) is 4.31. The third-order valence-corrected chi connectivity index (χ3v) is 3.29. The van der Waals surface area contributed by atoms with Crippen LogP contribution in [0.5, 0.6) is 0 Å². The molecule has 5 nitrogen and oxygen atoms in total. The third-order valence-electron chi connectivity index (χ3n) is 3.29.